The van der Waals surface area contributed by atoms with Crippen molar-refractivity contribution in [3.05, 3.63) is 76.9 Å². The molecule has 0 N–H and O–H groups in total. The normalized spacial score (nSPS) is 11.2. The second-order valence-corrected chi connectivity index (χ2v) is 6.12. The lowest BCUT2D eigenvalue weighted by Gasteiger charge is -2.06. The minimum absolute atomic E-state index is 0.242. The minimum Gasteiger partial charge on any atom is -0.465 e. The highest BCUT2D eigenvalue weighted by Crippen LogP contribution is 2.32. The number of rotatable bonds is 4. The number of methoxy groups -OCH3 is 2. The molecule has 0 aliphatic heterocycles. The molecule has 1 aromatic carbocycles. The van der Waals surface area contributed by atoms with Gasteiger partial charge in [0, 0.05) is 5.52 Å². The van der Waals surface area contributed by atoms with Gasteiger partial charge in [0.05, 0.1) is 25.3 Å². The maximum atomic E-state index is 12.4. The average Bonchev–Trinajstić information content (AvgIpc) is 3.23. The van der Waals surface area contributed by atoms with E-state index in [-0.39, 0.29) is 11.1 Å². The topological polar surface area (TPSA) is 57.0 Å². The summed E-state index contributed by atoms with van der Waals surface area (Å²) >= 11 is 0. The largest absolute Gasteiger partial charge is 0.465 e. The Kier molecular flexibility index (Phi) is 3.84. The number of hydrogen-bond acceptors (Lipinski definition) is 4. The van der Waals surface area contributed by atoms with Gasteiger partial charge in [0.2, 0.25) is 0 Å². The Bertz CT molecular complexity index is 1110. The van der Waals surface area contributed by atoms with E-state index in [2.05, 4.69) is 18.2 Å². The molecule has 4 aromatic rings. The molecule has 0 saturated carbocycles. The lowest BCUT2D eigenvalue weighted by Crippen LogP contribution is -2.09. The van der Waals surface area contributed by atoms with E-state index in [1.54, 1.807) is 0 Å². The van der Waals surface area contributed by atoms with Crippen LogP contribution in [-0.4, -0.2) is 30.6 Å². The van der Waals surface area contributed by atoms with Gasteiger partial charge < -0.3 is 13.9 Å². The van der Waals surface area contributed by atoms with E-state index in [4.69, 9.17) is 9.47 Å². The number of carbonyl (C=O) groups is 2. The molecule has 4 rings (SSSR count). The number of pyridine rings is 1. The van der Waals surface area contributed by atoms with Gasteiger partial charge in [-0.3, -0.25) is 0 Å². The predicted octanol–water partition coefficient (Wildman–Crippen LogP) is 3.69. The Balaban J connectivity index is 1.97. The van der Waals surface area contributed by atoms with Crippen LogP contribution in [0.4, 0.5) is 0 Å². The van der Waals surface area contributed by atoms with Gasteiger partial charge in [0.15, 0.2) is 0 Å². The lowest BCUT2D eigenvalue weighted by molar-refractivity contribution is 0.0559. The molecule has 5 heteroatoms. The van der Waals surface area contributed by atoms with Crippen molar-refractivity contribution in [2.24, 2.45) is 0 Å². The van der Waals surface area contributed by atoms with Crippen LogP contribution < -0.4 is 0 Å². The number of benzene rings is 1. The van der Waals surface area contributed by atoms with Crippen LogP contribution in [-0.2, 0) is 15.9 Å². The number of esters is 2. The summed E-state index contributed by atoms with van der Waals surface area (Å²) in [6.07, 6.45) is 0.729. The van der Waals surface area contributed by atoms with Gasteiger partial charge in [-0.25, -0.2) is 9.59 Å². The maximum absolute atomic E-state index is 12.4. The summed E-state index contributed by atoms with van der Waals surface area (Å²) in [6, 6.07) is 17.9. The van der Waals surface area contributed by atoms with Gasteiger partial charge >= 0.3 is 11.9 Å². The molecular formula is C21H17NO4. The van der Waals surface area contributed by atoms with Crippen molar-refractivity contribution >= 4 is 28.5 Å². The molecule has 0 aliphatic carbocycles. The van der Waals surface area contributed by atoms with Crippen LogP contribution in [0, 0.1) is 0 Å². The fraction of sp³-hybridized carbons (Fsp3) is 0.143. The highest BCUT2D eigenvalue weighted by molar-refractivity contribution is 6.14. The molecule has 0 bridgehead atoms. The smallest absolute Gasteiger partial charge is 0.340 e. The van der Waals surface area contributed by atoms with Gasteiger partial charge in [-0.15, -0.1) is 0 Å². The SMILES string of the molecule is COC(=O)c1c(C(=O)OC)c2cc(Cc3ccccc3)cc3ccc1n32. The second-order valence-electron chi connectivity index (χ2n) is 6.12. The molecule has 0 spiro atoms. The zero-order chi connectivity index (χ0) is 18.3. The number of ether oxygens (including phenoxy) is 2. The van der Waals surface area contributed by atoms with Crippen molar-refractivity contribution < 1.29 is 19.1 Å². The van der Waals surface area contributed by atoms with Gasteiger partial charge in [-0.1, -0.05) is 30.3 Å². The number of nitrogens with zero attached hydrogens (tertiary/aromatic N) is 1. The third-order valence-corrected chi connectivity index (χ3v) is 4.60. The molecule has 0 aliphatic rings. The van der Waals surface area contributed by atoms with E-state index in [0.717, 1.165) is 17.5 Å². The Morgan fingerprint density at radius 1 is 0.808 bits per heavy atom. The number of carbonyl (C=O) groups excluding carboxylic acids is 2. The summed E-state index contributed by atoms with van der Waals surface area (Å²) in [5, 5.41) is 0. The quantitative estimate of drug-likeness (QED) is 0.528. The highest BCUT2D eigenvalue weighted by Gasteiger charge is 2.28. The lowest BCUT2D eigenvalue weighted by atomic mass is 10.0. The molecule has 0 amide bonds. The van der Waals surface area contributed by atoms with E-state index in [0.29, 0.717) is 11.0 Å². The van der Waals surface area contributed by atoms with Crippen LogP contribution in [0.25, 0.3) is 16.6 Å². The molecule has 0 unspecified atom stereocenters. The molecule has 3 aromatic heterocycles. The van der Waals surface area contributed by atoms with Crippen LogP contribution in [0.15, 0.2) is 54.6 Å². The van der Waals surface area contributed by atoms with Gasteiger partial charge in [0.25, 0.3) is 0 Å². The molecule has 0 fully saturated rings. The van der Waals surface area contributed by atoms with E-state index in [9.17, 15) is 9.59 Å². The summed E-state index contributed by atoms with van der Waals surface area (Å²) in [5.41, 5.74) is 4.93. The maximum Gasteiger partial charge on any atom is 0.340 e. The van der Waals surface area contributed by atoms with Crippen LogP contribution in [0.3, 0.4) is 0 Å². The van der Waals surface area contributed by atoms with E-state index >= 15 is 0 Å². The zero-order valence-corrected chi connectivity index (χ0v) is 14.5. The fourth-order valence-corrected chi connectivity index (χ4v) is 3.49. The first-order chi connectivity index (χ1) is 12.6. The standard InChI is InChI=1S/C21H17NO4/c1-25-20(23)18-16-9-8-15-11-14(10-13-6-4-3-5-7-13)12-17(22(15)16)19(18)21(24)26-2/h3-9,11-12H,10H2,1-2H3. The predicted molar refractivity (Wildman–Crippen MR) is 98.0 cm³/mol. The Morgan fingerprint density at radius 3 is 2.12 bits per heavy atom. The van der Waals surface area contributed by atoms with Gasteiger partial charge in [-0.05, 0) is 41.8 Å². The Hall–Kier alpha value is -3.34. The van der Waals surface area contributed by atoms with E-state index in [1.807, 2.05) is 40.8 Å². The van der Waals surface area contributed by atoms with Crippen molar-refractivity contribution in [1.82, 2.24) is 4.40 Å². The first kappa shape index (κ1) is 16.1. The third-order valence-electron chi connectivity index (χ3n) is 4.60. The van der Waals surface area contributed by atoms with E-state index in [1.165, 1.54) is 19.8 Å². The van der Waals surface area contributed by atoms with Crippen LogP contribution in [0.2, 0.25) is 0 Å². The number of hydrogen-bond donors (Lipinski definition) is 0. The van der Waals surface area contributed by atoms with Crippen molar-refractivity contribution in [1.29, 1.82) is 0 Å². The molecule has 0 radical (unpaired) electrons. The van der Waals surface area contributed by atoms with E-state index < -0.39 is 11.9 Å². The van der Waals surface area contributed by atoms with Crippen LogP contribution in [0.5, 0.6) is 0 Å². The van der Waals surface area contributed by atoms with Crippen molar-refractivity contribution in [3.63, 3.8) is 0 Å². The first-order valence-corrected chi connectivity index (χ1v) is 8.24. The highest BCUT2D eigenvalue weighted by atomic mass is 16.5. The molecule has 3 heterocycles. The van der Waals surface area contributed by atoms with Crippen LogP contribution >= 0.6 is 0 Å². The van der Waals surface area contributed by atoms with Crippen LogP contribution in [0.1, 0.15) is 31.8 Å². The number of aromatic nitrogens is 1. The van der Waals surface area contributed by atoms with Crippen molar-refractivity contribution in [3.8, 4) is 0 Å². The molecular weight excluding hydrogens is 330 g/mol. The molecule has 26 heavy (non-hydrogen) atoms. The molecule has 0 atom stereocenters. The zero-order valence-electron chi connectivity index (χ0n) is 14.5. The van der Waals surface area contributed by atoms with Gasteiger partial charge in [0.1, 0.15) is 11.1 Å². The molecule has 0 saturated heterocycles. The summed E-state index contributed by atoms with van der Waals surface area (Å²) in [5.74, 6) is -1.10. The first-order valence-electron chi connectivity index (χ1n) is 8.24. The van der Waals surface area contributed by atoms with Gasteiger partial charge in [-0.2, -0.15) is 0 Å². The average molecular weight is 347 g/mol. The summed E-state index contributed by atoms with van der Waals surface area (Å²) in [4.78, 5) is 24.7. The monoisotopic (exact) mass is 347 g/mol. The molecule has 5 nitrogen and oxygen atoms in total. The summed E-state index contributed by atoms with van der Waals surface area (Å²) < 4.78 is 11.7. The third kappa shape index (κ3) is 2.40. The Labute approximate surface area is 150 Å². The van der Waals surface area contributed by atoms with Crippen molar-refractivity contribution in [2.45, 2.75) is 6.42 Å². The molecule has 130 valence electrons. The second kappa shape index (κ2) is 6.19. The van der Waals surface area contributed by atoms with Crippen molar-refractivity contribution in [2.75, 3.05) is 14.2 Å². The summed E-state index contributed by atoms with van der Waals surface area (Å²) in [6.45, 7) is 0. The summed E-state index contributed by atoms with van der Waals surface area (Å²) in [7, 11) is 2.61. The Morgan fingerprint density at radius 2 is 1.46 bits per heavy atom. The minimum atomic E-state index is -0.550. The fourth-order valence-electron chi connectivity index (χ4n) is 3.49.